The van der Waals surface area contributed by atoms with Gasteiger partial charge in [0.05, 0.1) is 0 Å². The van der Waals surface area contributed by atoms with Crippen LogP contribution in [0.25, 0.3) is 147 Å². The third kappa shape index (κ3) is 5.46. The summed E-state index contributed by atoms with van der Waals surface area (Å²) in [5.74, 6) is 0. The van der Waals surface area contributed by atoms with Crippen molar-refractivity contribution >= 4 is 140 Å². The molecule has 12 aromatic carbocycles. The fourth-order valence-electron chi connectivity index (χ4n) is 11.6. The fraction of sp³-hybridized carbons (Fsp3) is 0. The molecule has 0 saturated carbocycles. The summed E-state index contributed by atoms with van der Waals surface area (Å²) in [6.45, 7) is 0. The first-order valence-corrected chi connectivity index (χ1v) is 26.3. The van der Waals surface area contributed by atoms with Crippen LogP contribution in [0.3, 0.4) is 0 Å². The Morgan fingerprint density at radius 2 is 0.597 bits per heavy atom. The first kappa shape index (κ1) is 37.8. The average molecular weight is 948 g/mol. The maximum atomic E-state index is 2.53. The molecule has 0 amide bonds. The van der Waals surface area contributed by atoms with Gasteiger partial charge in [0, 0.05) is 0 Å². The summed E-state index contributed by atoms with van der Waals surface area (Å²) >= 11 is 3.92. The third-order valence-corrected chi connectivity index (χ3v) is 18.9. The van der Waals surface area contributed by atoms with Crippen LogP contribution in [0.15, 0.2) is 218 Å². The van der Waals surface area contributed by atoms with E-state index in [0.29, 0.717) is 0 Å². The van der Waals surface area contributed by atoms with Crippen molar-refractivity contribution in [3.8, 4) is 44.5 Å². The van der Waals surface area contributed by atoms with E-state index in [4.69, 9.17) is 0 Å². The number of benzene rings is 12. The molecule has 3 aromatic heterocycles. The van der Waals surface area contributed by atoms with Crippen LogP contribution < -0.4 is 0 Å². The van der Waals surface area contributed by atoms with Crippen molar-refractivity contribution in [2.45, 2.75) is 0 Å². The molecule has 0 radical (unpaired) electrons. The summed E-state index contributed by atoms with van der Waals surface area (Å²) in [7, 11) is 0. The number of hydrogen-bond donors (Lipinski definition) is 0. The van der Waals surface area contributed by atoms with Crippen molar-refractivity contribution < 1.29 is 0 Å². The Morgan fingerprint density at radius 3 is 1.04 bits per heavy atom. The minimum absolute atomic E-state index is 0.138. The molecule has 0 N–H and O–H groups in total. The van der Waals surface area contributed by atoms with Gasteiger partial charge in [-0.15, -0.1) is 0 Å². The first-order valence-electron chi connectivity index (χ1n) is 22.9. The van der Waals surface area contributed by atoms with Gasteiger partial charge in [-0.05, 0) is 0 Å². The second-order valence-corrected chi connectivity index (χ2v) is 22.2. The SMILES string of the molecule is c1ccc2c(c1)sc1cccc(-c3c4ccccc4c(-c4ccc5c(c4)[se]c4cccc(-c6c7ccccc7c(-c7cccc8sc9ccccc9c78)c7ccccc67)c45)c4ccccc34)c12. The number of fused-ring (bicyclic) bond motifs is 13. The second kappa shape index (κ2) is 14.6. The molecule has 0 bridgehead atoms. The van der Waals surface area contributed by atoms with Gasteiger partial charge in [-0.3, -0.25) is 0 Å². The Kier molecular flexibility index (Phi) is 8.22. The Balaban J connectivity index is 0.965. The summed E-state index contributed by atoms with van der Waals surface area (Å²) in [6, 6.07) is 82.5. The number of rotatable bonds is 4. The van der Waals surface area contributed by atoms with Crippen molar-refractivity contribution in [3.63, 3.8) is 0 Å². The summed E-state index contributed by atoms with van der Waals surface area (Å²) in [5.41, 5.74) is 10.5. The van der Waals surface area contributed by atoms with Crippen LogP contribution in [-0.4, -0.2) is 14.5 Å². The summed E-state index contributed by atoms with van der Waals surface area (Å²) in [6.07, 6.45) is 0. The number of hydrogen-bond acceptors (Lipinski definition) is 2. The standard InChI is InChI=1S/C64H36S2Se/c1-3-18-40-38(16-1)58(39-17-2-4-19-41(39)59(40)49-26-13-31-54-62(49)46-24-9-11-29-52(46)65-54)37-34-35-48-57(36-37)67-56-33-15-28-51(64(48)56)61-44-22-7-5-20-42(44)60(43-21-6-8-23-45(43)61)50-27-14-32-55-63(50)47-25-10-12-30-53(47)66-55/h1-36H. The maximum absolute atomic E-state index is 2.53. The van der Waals surface area contributed by atoms with Crippen LogP contribution in [0.1, 0.15) is 0 Å². The van der Waals surface area contributed by atoms with E-state index in [9.17, 15) is 0 Å². The van der Waals surface area contributed by atoms with Crippen molar-refractivity contribution in [2.24, 2.45) is 0 Å². The summed E-state index contributed by atoms with van der Waals surface area (Å²) < 4.78 is 8.22. The third-order valence-electron chi connectivity index (χ3n) is 14.3. The van der Waals surface area contributed by atoms with E-state index < -0.39 is 0 Å². The molecule has 67 heavy (non-hydrogen) atoms. The van der Waals surface area contributed by atoms with E-state index in [1.165, 1.54) is 147 Å². The van der Waals surface area contributed by atoms with Gasteiger partial charge in [0.2, 0.25) is 0 Å². The molecule has 0 atom stereocenters. The minimum atomic E-state index is 0.138. The summed E-state index contributed by atoms with van der Waals surface area (Å²) in [4.78, 5) is 0. The molecule has 0 saturated heterocycles. The van der Waals surface area contributed by atoms with E-state index in [-0.39, 0.29) is 14.5 Å². The zero-order valence-corrected chi connectivity index (χ0v) is 39.4. The quantitative estimate of drug-likeness (QED) is 0.122. The van der Waals surface area contributed by atoms with E-state index in [1.807, 2.05) is 22.7 Å². The predicted octanol–water partition coefficient (Wildman–Crippen LogP) is 19.1. The number of thiophene rings is 2. The van der Waals surface area contributed by atoms with Gasteiger partial charge >= 0.3 is 391 Å². The molecule has 0 spiro atoms. The zero-order chi connectivity index (χ0) is 43.7. The Labute approximate surface area is 400 Å². The van der Waals surface area contributed by atoms with Gasteiger partial charge in [0.15, 0.2) is 0 Å². The normalized spacial score (nSPS) is 12.2. The molecule has 3 heterocycles. The van der Waals surface area contributed by atoms with E-state index in [0.717, 1.165) is 0 Å². The molecular weight excluding hydrogens is 912 g/mol. The van der Waals surface area contributed by atoms with Gasteiger partial charge in [-0.1, -0.05) is 12.1 Å². The van der Waals surface area contributed by atoms with Crippen LogP contribution in [0.5, 0.6) is 0 Å². The molecule has 0 aliphatic carbocycles. The van der Waals surface area contributed by atoms with Gasteiger partial charge < -0.3 is 0 Å². The Hall–Kier alpha value is -7.36. The van der Waals surface area contributed by atoms with Crippen LogP contribution >= 0.6 is 22.7 Å². The van der Waals surface area contributed by atoms with Crippen molar-refractivity contribution in [2.75, 3.05) is 0 Å². The second-order valence-electron chi connectivity index (χ2n) is 17.7. The Bertz CT molecular complexity index is 4470. The van der Waals surface area contributed by atoms with E-state index >= 15 is 0 Å². The zero-order valence-electron chi connectivity index (χ0n) is 36.0. The van der Waals surface area contributed by atoms with Crippen LogP contribution in [0.2, 0.25) is 0 Å². The molecule has 0 unspecified atom stereocenters. The van der Waals surface area contributed by atoms with Crippen LogP contribution in [-0.2, 0) is 0 Å². The molecule has 0 aliphatic heterocycles. The molecular formula is C64H36S2Se. The predicted molar refractivity (Wildman–Crippen MR) is 296 cm³/mol. The first-order chi connectivity index (χ1) is 33.3. The molecule has 310 valence electrons. The van der Waals surface area contributed by atoms with Crippen molar-refractivity contribution in [1.82, 2.24) is 0 Å². The summed E-state index contributed by atoms with van der Waals surface area (Å²) in [5, 5.41) is 18.5. The Morgan fingerprint density at radius 1 is 0.239 bits per heavy atom. The van der Waals surface area contributed by atoms with Gasteiger partial charge in [-0.25, -0.2) is 0 Å². The van der Waals surface area contributed by atoms with Gasteiger partial charge in [0.25, 0.3) is 0 Å². The monoisotopic (exact) mass is 948 g/mol. The molecule has 15 aromatic rings. The van der Waals surface area contributed by atoms with Crippen molar-refractivity contribution in [3.05, 3.63) is 218 Å². The van der Waals surface area contributed by atoms with Gasteiger partial charge in [-0.2, -0.15) is 0 Å². The average Bonchev–Trinajstić information content (AvgIpc) is 4.09. The van der Waals surface area contributed by atoms with Crippen LogP contribution in [0.4, 0.5) is 0 Å². The molecule has 3 heteroatoms. The molecule has 0 fully saturated rings. The molecule has 15 rings (SSSR count). The molecule has 0 nitrogen and oxygen atoms in total. The topological polar surface area (TPSA) is 0 Å². The molecule has 0 aliphatic rings. The van der Waals surface area contributed by atoms with Crippen molar-refractivity contribution in [1.29, 1.82) is 0 Å². The van der Waals surface area contributed by atoms with E-state index in [2.05, 4.69) is 218 Å². The van der Waals surface area contributed by atoms with E-state index in [1.54, 1.807) is 0 Å². The van der Waals surface area contributed by atoms with Gasteiger partial charge in [0.1, 0.15) is 0 Å². The van der Waals surface area contributed by atoms with Crippen LogP contribution in [0, 0.1) is 0 Å². The fourth-order valence-corrected chi connectivity index (χ4v) is 16.3.